The van der Waals surface area contributed by atoms with Gasteiger partial charge in [0.1, 0.15) is 11.5 Å². The second-order valence-corrected chi connectivity index (χ2v) is 7.36. The molecule has 0 heterocycles. The zero-order chi connectivity index (χ0) is 22.5. The fraction of sp³-hybridized carbons (Fsp3) is 0.333. The van der Waals surface area contributed by atoms with Crippen molar-refractivity contribution in [1.29, 1.82) is 0 Å². The van der Waals surface area contributed by atoms with Crippen LogP contribution in [0.5, 0.6) is 11.5 Å². The van der Waals surface area contributed by atoms with Crippen molar-refractivity contribution in [3.63, 3.8) is 0 Å². The van der Waals surface area contributed by atoms with Gasteiger partial charge in [0.05, 0.1) is 17.7 Å². The molecule has 2 nitrogen and oxygen atoms in total. The maximum atomic E-state index is 12.1. The molecular weight excluding hydrogens is 602 g/mol. The highest BCUT2D eigenvalue weighted by Gasteiger charge is 2.30. The van der Waals surface area contributed by atoms with Crippen LogP contribution in [0.1, 0.15) is 11.1 Å². The number of aromatic hydroxyl groups is 1. The molecule has 2 aromatic carbocycles. The number of ether oxygens (including phenoxy) is 1. The molecule has 2 aromatic rings. The Morgan fingerprint density at radius 1 is 0.655 bits per heavy atom. The minimum atomic E-state index is -4.33. The average molecular weight is 619 g/mol. The van der Waals surface area contributed by atoms with Crippen molar-refractivity contribution in [3.8, 4) is 11.5 Å². The minimum Gasteiger partial charge on any atom is -0.508 e. The molecule has 29 heavy (non-hydrogen) atoms. The second-order valence-electron chi connectivity index (χ2n) is 4.98. The molecule has 1 N–H and O–H groups in total. The highest BCUT2D eigenvalue weighted by Crippen LogP contribution is 2.30. The van der Waals surface area contributed by atoms with Gasteiger partial charge in [-0.3, -0.25) is 0 Å². The van der Waals surface area contributed by atoms with Gasteiger partial charge < -0.3 is 9.84 Å². The van der Waals surface area contributed by atoms with Crippen molar-refractivity contribution in [3.05, 3.63) is 59.7 Å². The predicted octanol–water partition coefficient (Wildman–Crippen LogP) is 7.67. The molecule has 0 saturated carbocycles. The summed E-state index contributed by atoms with van der Waals surface area (Å²) in [4.78, 5) is 0. The molecule has 0 bridgehead atoms. The van der Waals surface area contributed by atoms with Crippen LogP contribution in [0.4, 0.5) is 26.3 Å². The summed E-state index contributed by atoms with van der Waals surface area (Å²) in [5, 5.41) is 11.4. The lowest BCUT2D eigenvalue weighted by Crippen LogP contribution is -2.04. The van der Waals surface area contributed by atoms with Gasteiger partial charge in [-0.15, -0.1) is 0 Å². The van der Waals surface area contributed by atoms with Crippen LogP contribution in [0.25, 0.3) is 0 Å². The van der Waals surface area contributed by atoms with Crippen molar-refractivity contribution in [1.82, 2.24) is 0 Å². The molecule has 0 radical (unpaired) electrons. The molecule has 0 unspecified atom stereocenters. The van der Waals surface area contributed by atoms with E-state index < -0.39 is 23.5 Å². The number of halogens is 9. The van der Waals surface area contributed by atoms with Gasteiger partial charge in [-0.2, -0.15) is 26.3 Å². The van der Waals surface area contributed by atoms with Gasteiger partial charge in [-0.1, -0.05) is 47.8 Å². The molecule has 11 heteroatoms. The first-order chi connectivity index (χ1) is 13.5. The predicted molar refractivity (Wildman–Crippen MR) is 111 cm³/mol. The summed E-state index contributed by atoms with van der Waals surface area (Å²) in [6.45, 7) is 0.436. The normalized spacial score (nSPS) is 10.9. The standard InChI is InChI=1S/C9H8BrF3O.C7H5F3O.C2H4Br2/c10-5-6-14-8-3-1-7(2-4-8)9(11,12)13;8-7(9,10)5-1-3-6(11)4-2-5;3-1-2-4/h1-4H,5-6H2;1-4,11H;1-2H2. The highest BCUT2D eigenvalue weighted by atomic mass is 79.9. The van der Waals surface area contributed by atoms with Crippen LogP contribution in [0.2, 0.25) is 0 Å². The van der Waals surface area contributed by atoms with Gasteiger partial charge >= 0.3 is 12.4 Å². The Morgan fingerprint density at radius 3 is 1.34 bits per heavy atom. The largest absolute Gasteiger partial charge is 0.508 e. The molecule has 0 amide bonds. The molecule has 0 saturated heterocycles. The van der Waals surface area contributed by atoms with Crippen molar-refractivity contribution in [2.45, 2.75) is 12.4 Å². The molecule has 0 spiro atoms. The second kappa shape index (κ2) is 14.1. The third-order valence-electron chi connectivity index (χ3n) is 2.79. The summed E-state index contributed by atoms with van der Waals surface area (Å²) in [5.41, 5.74) is -1.42. The molecule has 0 aliphatic rings. The Labute approximate surface area is 189 Å². The van der Waals surface area contributed by atoms with Gasteiger partial charge in [0, 0.05) is 16.0 Å². The number of hydrogen-bond donors (Lipinski definition) is 1. The maximum absolute atomic E-state index is 12.1. The van der Waals surface area contributed by atoms with Crippen molar-refractivity contribution in [2.24, 2.45) is 0 Å². The first-order valence-electron chi connectivity index (χ1n) is 7.79. The Balaban J connectivity index is 0.000000466. The SMILES string of the molecule is BrCCBr.FC(F)(F)c1ccc(OCCBr)cc1.Oc1ccc(C(F)(F)F)cc1. The van der Waals surface area contributed by atoms with Crippen molar-refractivity contribution < 1.29 is 36.2 Å². The fourth-order valence-corrected chi connectivity index (χ4v) is 1.71. The Bertz CT molecular complexity index is 672. The minimum absolute atomic E-state index is 0.169. The first kappa shape index (κ1) is 28.1. The van der Waals surface area contributed by atoms with Crippen molar-refractivity contribution in [2.75, 3.05) is 22.6 Å². The van der Waals surface area contributed by atoms with Crippen LogP contribution in [-0.4, -0.2) is 27.7 Å². The van der Waals surface area contributed by atoms with E-state index in [0.717, 1.165) is 47.1 Å². The van der Waals surface area contributed by atoms with Gasteiger partial charge in [0.25, 0.3) is 0 Å². The Hall–Kier alpha value is -0.940. The van der Waals surface area contributed by atoms with E-state index in [1.807, 2.05) is 0 Å². The van der Waals surface area contributed by atoms with E-state index in [1.54, 1.807) is 0 Å². The zero-order valence-corrected chi connectivity index (χ0v) is 19.5. The summed E-state index contributed by atoms with van der Waals surface area (Å²) in [6, 6.07) is 8.29. The summed E-state index contributed by atoms with van der Waals surface area (Å²) in [5.74, 6) is 0.274. The van der Waals surface area contributed by atoms with E-state index in [0.29, 0.717) is 17.7 Å². The van der Waals surface area contributed by atoms with Crippen molar-refractivity contribution >= 4 is 47.8 Å². The lowest BCUT2D eigenvalue weighted by molar-refractivity contribution is -0.138. The zero-order valence-electron chi connectivity index (χ0n) is 14.7. The van der Waals surface area contributed by atoms with E-state index in [2.05, 4.69) is 47.8 Å². The lowest BCUT2D eigenvalue weighted by Gasteiger charge is -2.08. The van der Waals surface area contributed by atoms with Crippen LogP contribution < -0.4 is 4.74 Å². The molecule has 0 aliphatic heterocycles. The van der Waals surface area contributed by atoms with E-state index in [9.17, 15) is 26.3 Å². The number of benzene rings is 2. The molecule has 0 aromatic heterocycles. The van der Waals surface area contributed by atoms with Crippen LogP contribution in [0.3, 0.4) is 0 Å². The Morgan fingerprint density at radius 2 is 1.03 bits per heavy atom. The highest BCUT2D eigenvalue weighted by molar-refractivity contribution is 9.12. The fourth-order valence-electron chi connectivity index (χ4n) is 1.55. The monoisotopic (exact) mass is 616 g/mol. The number of alkyl halides is 9. The van der Waals surface area contributed by atoms with Crippen LogP contribution in [-0.2, 0) is 12.4 Å². The number of phenolic OH excluding ortho intramolecular Hbond substituents is 1. The smallest absolute Gasteiger partial charge is 0.416 e. The third-order valence-corrected chi connectivity index (χ3v) is 4.97. The summed E-state index contributed by atoms with van der Waals surface area (Å²) in [6.07, 6.45) is -8.61. The average Bonchev–Trinajstić information content (AvgIpc) is 2.66. The van der Waals surface area contributed by atoms with Crippen LogP contribution in [0.15, 0.2) is 48.5 Å². The van der Waals surface area contributed by atoms with Gasteiger partial charge in [0.15, 0.2) is 0 Å². The van der Waals surface area contributed by atoms with E-state index in [4.69, 9.17) is 9.84 Å². The van der Waals surface area contributed by atoms with E-state index in [-0.39, 0.29) is 5.75 Å². The lowest BCUT2D eigenvalue weighted by atomic mass is 10.2. The quantitative estimate of drug-likeness (QED) is 0.282. The molecular formula is C18H17Br3F6O2. The topological polar surface area (TPSA) is 29.5 Å². The third kappa shape index (κ3) is 13.1. The first-order valence-corrected chi connectivity index (χ1v) is 11.2. The van der Waals surface area contributed by atoms with Gasteiger partial charge in [-0.05, 0) is 48.5 Å². The molecule has 0 aliphatic carbocycles. The molecule has 2 rings (SSSR count). The number of phenols is 1. The number of rotatable bonds is 4. The number of hydrogen-bond acceptors (Lipinski definition) is 2. The van der Waals surface area contributed by atoms with E-state index in [1.165, 1.54) is 12.1 Å². The molecule has 0 fully saturated rings. The van der Waals surface area contributed by atoms with Gasteiger partial charge in [-0.25, -0.2) is 0 Å². The summed E-state index contributed by atoms with van der Waals surface area (Å²) >= 11 is 9.55. The summed E-state index contributed by atoms with van der Waals surface area (Å²) in [7, 11) is 0. The van der Waals surface area contributed by atoms with Crippen LogP contribution in [0, 0.1) is 0 Å². The maximum Gasteiger partial charge on any atom is 0.416 e. The summed E-state index contributed by atoms with van der Waals surface area (Å²) < 4.78 is 77.0. The van der Waals surface area contributed by atoms with Crippen LogP contribution >= 0.6 is 47.8 Å². The van der Waals surface area contributed by atoms with E-state index >= 15 is 0 Å². The molecule has 164 valence electrons. The van der Waals surface area contributed by atoms with Gasteiger partial charge in [0.2, 0.25) is 0 Å². The Kier molecular flexibility index (Phi) is 13.7. The molecule has 0 atom stereocenters.